The maximum atomic E-state index is 13.7. The number of amides is 3. The summed E-state index contributed by atoms with van der Waals surface area (Å²) in [6.07, 6.45) is 17.0. The van der Waals surface area contributed by atoms with E-state index in [-0.39, 0.29) is 35.7 Å². The Morgan fingerprint density at radius 3 is 1.55 bits per heavy atom. The van der Waals surface area contributed by atoms with Crippen LogP contribution in [0.3, 0.4) is 0 Å². The van der Waals surface area contributed by atoms with Crippen LogP contribution in [0.2, 0.25) is 0 Å². The second kappa shape index (κ2) is 31.0. The molecule has 110 heavy (non-hydrogen) atoms. The molecular formula is C80H83FN20O9. The zero-order chi connectivity index (χ0) is 75.7. The molecule has 0 spiro atoms. The van der Waals surface area contributed by atoms with Gasteiger partial charge in [0.2, 0.25) is 0 Å². The normalized spacial score (nSPS) is 17.1. The van der Waals surface area contributed by atoms with E-state index >= 15 is 0 Å². The molecule has 6 aliphatic heterocycles. The molecule has 3 amide bonds. The lowest BCUT2D eigenvalue weighted by atomic mass is 9.84. The standard InChI is InChI=1S/C28H29FN6O3.2C26H27N7O3/c1-34(2)16-17-11-24(30-14-21(17)28(37)6-9-38-10-7-28)33-22-4-3-19(20-13-32-27(36)26(20)22)23-15-31-25-12-18(29)5-8-35(23)25;2*1-32-8-7-19-24(29-15-30-25(19)32)18-4-5-21(23-20(18)12-28-26(23)34)31-22-6-3-16(11-27-22)33-9-10-36-17(13-33)14-35-2/h3-5,8,11-12,14-15,37H,6-7,9-10,13,16H2,1-2H3,(H,30,33)(H,32,36);2*3-8,11,15,17H,9-10,12-14H2,1-2H3,(H,27,31)(H,28,34)/t;2*17-/m.10/s1. The van der Waals surface area contributed by atoms with Gasteiger partial charge >= 0.3 is 0 Å². The molecule has 9 aromatic heterocycles. The van der Waals surface area contributed by atoms with Gasteiger partial charge in [-0.2, -0.15) is 0 Å². The molecule has 18 rings (SSSR count). The SMILES string of the molecule is CN(C)Cc1cc(Nc2ccc(-c3cnc4cc(F)ccn34)c3c2C(=O)NC3)ncc1C1(O)CCOCC1.COC[C@@H]1CN(c2ccc(Nc3ccc(-c4ncnc5c4ccn5C)c4c3C(=O)NC4)nc2)CCO1.COC[C@H]1CN(c2ccc(Nc3ccc(-c4ncnc5c4ccn5C)c4c3C(=O)NC4)nc2)CCO1. The number of hydrogen-bond acceptors (Lipinski definition) is 23. The van der Waals surface area contributed by atoms with Crippen LogP contribution >= 0.6 is 0 Å². The number of pyridine rings is 4. The van der Waals surface area contributed by atoms with Gasteiger partial charge in [0.05, 0.1) is 125 Å². The lowest BCUT2D eigenvalue weighted by molar-refractivity contribution is -0.0687. The Labute approximate surface area is 632 Å². The molecule has 0 bridgehead atoms. The Kier molecular flexibility index (Phi) is 20.4. The fraction of sp³-hybridized carbons (Fsp3) is 0.312. The zero-order valence-electron chi connectivity index (χ0n) is 61.7. The van der Waals surface area contributed by atoms with Crippen molar-refractivity contribution in [3.05, 3.63) is 197 Å². The first-order valence-electron chi connectivity index (χ1n) is 36.4. The highest BCUT2D eigenvalue weighted by Gasteiger charge is 2.36. The molecule has 0 unspecified atom stereocenters. The van der Waals surface area contributed by atoms with Crippen molar-refractivity contribution in [2.24, 2.45) is 14.1 Å². The van der Waals surface area contributed by atoms with Crippen LogP contribution in [-0.4, -0.2) is 187 Å². The molecule has 7 N–H and O–H groups in total. The van der Waals surface area contributed by atoms with Crippen LogP contribution in [0.4, 0.5) is 50.3 Å². The lowest BCUT2D eigenvalue weighted by Crippen LogP contribution is -2.44. The second-order valence-corrected chi connectivity index (χ2v) is 28.2. The number of carbonyl (C=O) groups is 3. The molecule has 12 aromatic rings. The highest BCUT2D eigenvalue weighted by Crippen LogP contribution is 2.42. The van der Waals surface area contributed by atoms with Crippen molar-refractivity contribution in [2.75, 3.05) is 120 Å². The van der Waals surface area contributed by atoms with E-state index in [9.17, 15) is 23.9 Å². The number of nitrogens with one attached hydrogen (secondary N) is 6. The van der Waals surface area contributed by atoms with E-state index in [4.69, 9.17) is 23.7 Å². The van der Waals surface area contributed by atoms with Gasteiger partial charge in [0.25, 0.3) is 17.7 Å². The van der Waals surface area contributed by atoms with Crippen molar-refractivity contribution in [3.63, 3.8) is 0 Å². The number of imidazole rings is 1. The number of benzene rings is 3. The first kappa shape index (κ1) is 72.3. The average molecular weight is 1490 g/mol. The smallest absolute Gasteiger partial charge is 0.254 e. The fourth-order valence-electron chi connectivity index (χ4n) is 15.4. The van der Waals surface area contributed by atoms with Crippen molar-refractivity contribution < 1.29 is 47.6 Å². The van der Waals surface area contributed by atoms with E-state index in [1.807, 2.05) is 150 Å². The molecule has 3 fully saturated rings. The summed E-state index contributed by atoms with van der Waals surface area (Å²) < 4.78 is 46.8. The van der Waals surface area contributed by atoms with Crippen LogP contribution in [0.25, 0.3) is 61.5 Å². The molecule has 29 nitrogen and oxygen atoms in total. The number of hydrogen-bond donors (Lipinski definition) is 7. The maximum absolute atomic E-state index is 13.7. The van der Waals surface area contributed by atoms with Crippen LogP contribution in [0.1, 0.15) is 71.7 Å². The molecule has 2 atom stereocenters. The summed E-state index contributed by atoms with van der Waals surface area (Å²) in [6.45, 7) is 8.49. The molecule has 0 saturated carbocycles. The van der Waals surface area contributed by atoms with Gasteiger partial charge in [-0.15, -0.1) is 0 Å². The molecule has 564 valence electrons. The lowest BCUT2D eigenvalue weighted by Gasteiger charge is -2.34. The molecule has 0 radical (unpaired) electrons. The van der Waals surface area contributed by atoms with Crippen molar-refractivity contribution in [1.29, 1.82) is 0 Å². The van der Waals surface area contributed by atoms with Crippen LogP contribution in [-0.2, 0) is 69.6 Å². The summed E-state index contributed by atoms with van der Waals surface area (Å²) in [4.78, 5) is 81.2. The summed E-state index contributed by atoms with van der Waals surface area (Å²) in [6, 6.07) is 28.3. The van der Waals surface area contributed by atoms with Crippen LogP contribution in [0.15, 0.2) is 147 Å². The molecule has 6 aliphatic rings. The monoisotopic (exact) mass is 1490 g/mol. The minimum atomic E-state index is -0.977. The molecule has 3 saturated heterocycles. The number of aliphatic hydroxyl groups is 1. The van der Waals surface area contributed by atoms with E-state index in [0.717, 1.165) is 121 Å². The number of ether oxygens (including phenoxy) is 5. The number of anilines is 8. The van der Waals surface area contributed by atoms with Crippen molar-refractivity contribution in [1.82, 2.24) is 74.3 Å². The average Bonchev–Trinajstić information content (AvgIpc) is 1.57. The largest absolute Gasteiger partial charge is 0.385 e. The minimum absolute atomic E-state index is 0.0492. The zero-order valence-corrected chi connectivity index (χ0v) is 61.7. The van der Waals surface area contributed by atoms with Gasteiger partial charge in [0, 0.05) is 171 Å². The summed E-state index contributed by atoms with van der Waals surface area (Å²) in [5.74, 6) is 1.17. The predicted octanol–water partition coefficient (Wildman–Crippen LogP) is 9.32. The Bertz CT molecular complexity index is 5250. The minimum Gasteiger partial charge on any atom is -0.385 e. The predicted molar refractivity (Wildman–Crippen MR) is 414 cm³/mol. The van der Waals surface area contributed by atoms with Crippen molar-refractivity contribution >= 4 is 91.3 Å². The summed E-state index contributed by atoms with van der Waals surface area (Å²) in [5.41, 5.74) is 16.7. The number of rotatable bonds is 18. The van der Waals surface area contributed by atoms with Gasteiger partial charge in [-0.1, -0.05) is 18.2 Å². The molecule has 0 aliphatic carbocycles. The van der Waals surface area contributed by atoms with Gasteiger partial charge in [-0.3, -0.25) is 18.8 Å². The fourth-order valence-corrected chi connectivity index (χ4v) is 15.4. The number of morpholine rings is 2. The van der Waals surface area contributed by atoms with E-state index in [1.54, 1.807) is 45.5 Å². The topological polar surface area (TPSA) is 317 Å². The molecule has 3 aromatic carbocycles. The Balaban J connectivity index is 0.000000125. The first-order valence-corrected chi connectivity index (χ1v) is 36.4. The first-order chi connectivity index (χ1) is 53.6. The van der Waals surface area contributed by atoms with Gasteiger partial charge < -0.3 is 84.5 Å². The van der Waals surface area contributed by atoms with Gasteiger partial charge in [-0.25, -0.2) is 44.3 Å². The number of aryl methyl sites for hydroxylation is 2. The van der Waals surface area contributed by atoms with Gasteiger partial charge in [0.1, 0.15) is 52.9 Å². The number of methoxy groups -OCH3 is 2. The van der Waals surface area contributed by atoms with Gasteiger partial charge in [0.15, 0.2) is 0 Å². The number of nitrogens with zero attached hydrogens (tertiary/aromatic N) is 14. The van der Waals surface area contributed by atoms with E-state index in [0.29, 0.717) is 136 Å². The quantitative estimate of drug-likeness (QED) is 0.0420. The highest BCUT2D eigenvalue weighted by atomic mass is 19.1. The Morgan fingerprint density at radius 1 is 0.564 bits per heavy atom. The number of fused-ring (bicyclic) bond motifs is 6. The number of carbonyl (C=O) groups excluding carboxylic acids is 3. The van der Waals surface area contributed by atoms with Gasteiger partial charge in [-0.05, 0) is 103 Å². The maximum Gasteiger partial charge on any atom is 0.254 e. The number of halogens is 1. The van der Waals surface area contributed by atoms with Crippen molar-refractivity contribution in [2.45, 2.75) is 56.8 Å². The van der Waals surface area contributed by atoms with E-state index < -0.39 is 5.60 Å². The van der Waals surface area contributed by atoms with E-state index in [2.05, 4.69) is 81.6 Å². The summed E-state index contributed by atoms with van der Waals surface area (Å²) in [7, 11) is 11.2. The summed E-state index contributed by atoms with van der Waals surface area (Å²) in [5, 5.41) is 32.1. The van der Waals surface area contributed by atoms with Crippen LogP contribution in [0.5, 0.6) is 0 Å². The third kappa shape index (κ3) is 14.5. The number of aromatic nitrogens is 11. The third-order valence-electron chi connectivity index (χ3n) is 20.8. The van der Waals surface area contributed by atoms with Crippen molar-refractivity contribution in [3.8, 4) is 33.8 Å². The summed E-state index contributed by atoms with van der Waals surface area (Å²) >= 11 is 0. The van der Waals surface area contributed by atoms with Crippen LogP contribution < -0.4 is 41.7 Å². The Morgan fingerprint density at radius 2 is 1.05 bits per heavy atom. The van der Waals surface area contributed by atoms with Crippen LogP contribution in [0, 0.1) is 5.82 Å². The molecular weight excluding hydrogens is 1400 g/mol. The van der Waals surface area contributed by atoms with E-state index in [1.165, 1.54) is 12.1 Å². The highest BCUT2D eigenvalue weighted by molar-refractivity contribution is 6.09. The second-order valence-electron chi connectivity index (χ2n) is 28.2. The molecule has 30 heteroatoms. The Hall–Kier alpha value is -11.9. The third-order valence-corrected chi connectivity index (χ3v) is 20.8. The molecule has 15 heterocycles.